The number of aromatic nitrogens is 2. The molecule has 1 saturated heterocycles. The minimum absolute atomic E-state index is 0. The largest absolute Gasteiger partial charge is 0.338 e. The van der Waals surface area contributed by atoms with Crippen LogP contribution in [0.25, 0.3) is 16.9 Å². The summed E-state index contributed by atoms with van der Waals surface area (Å²) >= 11 is 6.05. The number of rotatable bonds is 5. The maximum atomic E-state index is 13.3. The Labute approximate surface area is 182 Å². The van der Waals surface area contributed by atoms with Crippen molar-refractivity contribution in [1.29, 1.82) is 0 Å². The molecule has 0 spiro atoms. The Hall–Kier alpha value is -2.34. The highest BCUT2D eigenvalue weighted by atomic mass is 35.5. The smallest absolute Gasteiger partial charge is 0.257 e. The van der Waals surface area contributed by atoms with Crippen LogP contribution in [-0.2, 0) is 0 Å². The maximum absolute atomic E-state index is 13.3. The van der Waals surface area contributed by atoms with Crippen molar-refractivity contribution in [3.63, 3.8) is 0 Å². The van der Waals surface area contributed by atoms with Crippen LogP contribution in [0.2, 0.25) is 5.02 Å². The van der Waals surface area contributed by atoms with Crippen LogP contribution in [0.15, 0.2) is 60.8 Å². The van der Waals surface area contributed by atoms with Gasteiger partial charge in [0.25, 0.3) is 5.91 Å². The molecule has 29 heavy (non-hydrogen) atoms. The number of nitrogens with one attached hydrogen (secondary N) is 1. The van der Waals surface area contributed by atoms with Gasteiger partial charge in [-0.3, -0.25) is 4.79 Å². The second-order valence-corrected chi connectivity index (χ2v) is 7.58. The van der Waals surface area contributed by atoms with Crippen molar-refractivity contribution < 1.29 is 4.79 Å². The fraction of sp³-hybridized carbons (Fsp3) is 0.273. The first-order valence-corrected chi connectivity index (χ1v) is 9.88. The lowest BCUT2D eigenvalue weighted by Gasteiger charge is -2.16. The van der Waals surface area contributed by atoms with Crippen molar-refractivity contribution in [2.75, 3.05) is 26.7 Å². The molecule has 1 unspecified atom stereocenters. The van der Waals surface area contributed by atoms with Gasteiger partial charge in [-0.1, -0.05) is 41.9 Å². The summed E-state index contributed by atoms with van der Waals surface area (Å²) in [6.07, 6.45) is 2.86. The number of hydrogen-bond donors (Lipinski definition) is 1. The van der Waals surface area contributed by atoms with Crippen molar-refractivity contribution in [3.05, 3.63) is 71.4 Å². The Morgan fingerprint density at radius 3 is 2.59 bits per heavy atom. The van der Waals surface area contributed by atoms with Crippen LogP contribution >= 0.6 is 24.0 Å². The number of hydrogen-bond acceptors (Lipinski definition) is 3. The van der Waals surface area contributed by atoms with Gasteiger partial charge in [-0.05, 0) is 50.2 Å². The van der Waals surface area contributed by atoms with Gasteiger partial charge in [-0.15, -0.1) is 12.4 Å². The van der Waals surface area contributed by atoms with Crippen molar-refractivity contribution in [3.8, 4) is 16.9 Å². The maximum Gasteiger partial charge on any atom is 0.257 e. The second-order valence-electron chi connectivity index (χ2n) is 7.14. The standard InChI is InChI=1S/C22H23ClN4O.ClH/c1-24-13-16-11-12-26(14-16)22(28)20-15-27(19-5-3-2-4-6-19)25-21(20)17-7-9-18(23)10-8-17;/h2-10,15-16,24H,11-14H2,1H3;1H. The number of benzene rings is 2. The Kier molecular flexibility index (Phi) is 6.96. The minimum atomic E-state index is 0. The van der Waals surface area contributed by atoms with Crippen LogP contribution in [0, 0.1) is 5.92 Å². The minimum Gasteiger partial charge on any atom is -0.338 e. The van der Waals surface area contributed by atoms with E-state index in [0.29, 0.717) is 22.2 Å². The first kappa shape index (κ1) is 21.4. The molecular formula is C22H24Cl2N4O. The molecule has 1 fully saturated rings. The molecule has 4 rings (SSSR count). The lowest BCUT2D eigenvalue weighted by Crippen LogP contribution is -2.30. The van der Waals surface area contributed by atoms with Crippen molar-refractivity contribution in [2.24, 2.45) is 5.92 Å². The van der Waals surface area contributed by atoms with Gasteiger partial charge >= 0.3 is 0 Å². The number of carbonyl (C=O) groups is 1. The number of halogens is 2. The van der Waals surface area contributed by atoms with Crippen LogP contribution in [0.5, 0.6) is 0 Å². The fourth-order valence-electron chi connectivity index (χ4n) is 3.71. The van der Waals surface area contributed by atoms with E-state index < -0.39 is 0 Å². The highest BCUT2D eigenvalue weighted by molar-refractivity contribution is 6.30. The molecule has 0 aliphatic carbocycles. The van der Waals surface area contributed by atoms with Crippen molar-refractivity contribution in [2.45, 2.75) is 6.42 Å². The molecule has 2 aromatic carbocycles. The lowest BCUT2D eigenvalue weighted by molar-refractivity contribution is 0.0788. The summed E-state index contributed by atoms with van der Waals surface area (Å²) in [6.45, 7) is 2.48. The first-order chi connectivity index (χ1) is 13.7. The number of nitrogens with zero attached hydrogens (tertiary/aromatic N) is 3. The molecule has 2 heterocycles. The van der Waals surface area contributed by atoms with Gasteiger partial charge in [-0.25, -0.2) is 4.68 Å². The van der Waals surface area contributed by atoms with Gasteiger partial charge in [0.2, 0.25) is 0 Å². The summed E-state index contributed by atoms with van der Waals surface area (Å²) in [6, 6.07) is 17.3. The predicted octanol–water partition coefficient (Wildman–Crippen LogP) is 4.30. The van der Waals surface area contributed by atoms with Crippen molar-refractivity contribution >= 4 is 29.9 Å². The molecule has 1 aromatic heterocycles. The zero-order valence-corrected chi connectivity index (χ0v) is 17.8. The van der Waals surface area contributed by atoms with Gasteiger partial charge in [0.15, 0.2) is 0 Å². The molecule has 0 bridgehead atoms. The van der Waals surface area contributed by atoms with Crippen LogP contribution in [0.1, 0.15) is 16.8 Å². The molecule has 1 amide bonds. The second kappa shape index (κ2) is 9.44. The summed E-state index contributed by atoms with van der Waals surface area (Å²) < 4.78 is 1.78. The molecule has 3 aromatic rings. The Balaban J connectivity index is 0.00000240. The van der Waals surface area contributed by atoms with E-state index in [1.807, 2.05) is 72.7 Å². The zero-order chi connectivity index (χ0) is 19.5. The summed E-state index contributed by atoms with van der Waals surface area (Å²) in [5.74, 6) is 0.530. The van der Waals surface area contributed by atoms with E-state index in [4.69, 9.17) is 16.7 Å². The molecular weight excluding hydrogens is 407 g/mol. The Morgan fingerprint density at radius 2 is 1.90 bits per heavy atom. The topological polar surface area (TPSA) is 50.2 Å². The van der Waals surface area contributed by atoms with Crippen LogP contribution in [-0.4, -0.2) is 47.3 Å². The van der Waals surface area contributed by atoms with Crippen molar-refractivity contribution in [1.82, 2.24) is 20.0 Å². The summed E-state index contributed by atoms with van der Waals surface area (Å²) in [5.41, 5.74) is 3.11. The SMILES string of the molecule is CNCC1CCN(C(=O)c2cn(-c3ccccc3)nc2-c2ccc(Cl)cc2)C1.Cl. The van der Waals surface area contributed by atoms with E-state index in [1.165, 1.54) is 0 Å². The molecule has 5 nitrogen and oxygen atoms in total. The highest BCUT2D eigenvalue weighted by Gasteiger charge is 2.29. The Bertz CT molecular complexity index is 957. The van der Waals surface area contributed by atoms with E-state index in [1.54, 1.807) is 4.68 Å². The van der Waals surface area contributed by atoms with Gasteiger partial charge in [0.1, 0.15) is 5.69 Å². The molecule has 152 valence electrons. The van der Waals surface area contributed by atoms with E-state index in [2.05, 4.69) is 5.32 Å². The van der Waals surface area contributed by atoms with Gasteiger partial charge in [0, 0.05) is 29.9 Å². The third kappa shape index (κ3) is 4.64. The third-order valence-electron chi connectivity index (χ3n) is 5.15. The molecule has 0 saturated carbocycles. The van der Waals surface area contributed by atoms with Gasteiger partial charge in [0.05, 0.1) is 11.3 Å². The van der Waals surface area contributed by atoms with Crippen LogP contribution in [0.3, 0.4) is 0 Å². The summed E-state index contributed by atoms with van der Waals surface area (Å²) in [4.78, 5) is 15.3. The van der Waals surface area contributed by atoms with E-state index in [0.717, 1.165) is 37.3 Å². The average Bonchev–Trinajstić information content (AvgIpc) is 3.37. The number of carbonyl (C=O) groups excluding carboxylic acids is 1. The molecule has 1 atom stereocenters. The monoisotopic (exact) mass is 430 g/mol. The summed E-state index contributed by atoms with van der Waals surface area (Å²) in [5, 5.41) is 8.61. The number of likely N-dealkylation sites (tertiary alicyclic amines) is 1. The third-order valence-corrected chi connectivity index (χ3v) is 5.40. The van der Waals surface area contributed by atoms with E-state index >= 15 is 0 Å². The average molecular weight is 431 g/mol. The summed E-state index contributed by atoms with van der Waals surface area (Å²) in [7, 11) is 1.95. The van der Waals surface area contributed by atoms with E-state index in [9.17, 15) is 4.79 Å². The van der Waals surface area contributed by atoms with Crippen LogP contribution in [0.4, 0.5) is 0 Å². The molecule has 0 radical (unpaired) electrons. The predicted molar refractivity (Wildman–Crippen MR) is 119 cm³/mol. The quantitative estimate of drug-likeness (QED) is 0.656. The molecule has 1 N–H and O–H groups in total. The lowest BCUT2D eigenvalue weighted by atomic mass is 10.1. The Morgan fingerprint density at radius 1 is 1.17 bits per heavy atom. The van der Waals surface area contributed by atoms with Crippen LogP contribution < -0.4 is 5.32 Å². The number of para-hydroxylation sites is 1. The zero-order valence-electron chi connectivity index (χ0n) is 16.2. The van der Waals surface area contributed by atoms with Gasteiger partial charge < -0.3 is 10.2 Å². The van der Waals surface area contributed by atoms with Gasteiger partial charge in [-0.2, -0.15) is 5.10 Å². The number of amides is 1. The fourth-order valence-corrected chi connectivity index (χ4v) is 3.83. The molecule has 7 heteroatoms. The molecule has 1 aliphatic rings. The molecule has 1 aliphatic heterocycles. The van der Waals surface area contributed by atoms with E-state index in [-0.39, 0.29) is 18.3 Å². The highest BCUT2D eigenvalue weighted by Crippen LogP contribution is 2.28. The first-order valence-electron chi connectivity index (χ1n) is 9.50. The normalized spacial score (nSPS) is 15.9.